The Bertz CT molecular complexity index is 460. The molecule has 0 amide bonds. The van der Waals surface area contributed by atoms with Crippen molar-refractivity contribution in [2.75, 3.05) is 13.1 Å². The molecule has 20 heavy (non-hydrogen) atoms. The standard InChI is InChI=1S/C19H23N/c1-3-9-17(10-4-1)19(18-11-5-2-6-12-18)14-16-8-7-13-20-15-16/h1-6,9-12,16,19-20H,7-8,13-15H2. The third-order valence-corrected chi connectivity index (χ3v) is 4.37. The van der Waals surface area contributed by atoms with Gasteiger partial charge in [-0.2, -0.15) is 0 Å². The zero-order chi connectivity index (χ0) is 13.6. The lowest BCUT2D eigenvalue weighted by atomic mass is 9.81. The molecule has 0 aromatic heterocycles. The Labute approximate surface area is 122 Å². The minimum absolute atomic E-state index is 0.530. The molecule has 1 heterocycles. The van der Waals surface area contributed by atoms with Gasteiger partial charge >= 0.3 is 0 Å². The quantitative estimate of drug-likeness (QED) is 0.873. The summed E-state index contributed by atoms with van der Waals surface area (Å²) in [5.41, 5.74) is 2.90. The molecule has 1 unspecified atom stereocenters. The van der Waals surface area contributed by atoms with Gasteiger partial charge in [0.1, 0.15) is 0 Å². The summed E-state index contributed by atoms with van der Waals surface area (Å²) in [4.78, 5) is 0. The molecule has 0 radical (unpaired) electrons. The molecule has 104 valence electrons. The van der Waals surface area contributed by atoms with Crippen LogP contribution in [0.2, 0.25) is 0 Å². The van der Waals surface area contributed by atoms with E-state index in [0.29, 0.717) is 5.92 Å². The van der Waals surface area contributed by atoms with Crippen LogP contribution in [0.5, 0.6) is 0 Å². The second-order valence-corrected chi connectivity index (χ2v) is 5.82. The van der Waals surface area contributed by atoms with Crippen LogP contribution in [-0.4, -0.2) is 13.1 Å². The third-order valence-electron chi connectivity index (χ3n) is 4.37. The van der Waals surface area contributed by atoms with Crippen molar-refractivity contribution in [3.8, 4) is 0 Å². The van der Waals surface area contributed by atoms with Gasteiger partial charge in [0.2, 0.25) is 0 Å². The topological polar surface area (TPSA) is 12.0 Å². The number of piperidine rings is 1. The smallest absolute Gasteiger partial charge is 0.00924 e. The maximum atomic E-state index is 3.54. The van der Waals surface area contributed by atoms with Gasteiger partial charge in [0.05, 0.1) is 0 Å². The molecule has 0 aliphatic carbocycles. The van der Waals surface area contributed by atoms with Crippen molar-refractivity contribution in [1.29, 1.82) is 0 Å². The van der Waals surface area contributed by atoms with E-state index in [4.69, 9.17) is 0 Å². The van der Waals surface area contributed by atoms with Gasteiger partial charge in [0.25, 0.3) is 0 Å². The van der Waals surface area contributed by atoms with Gasteiger partial charge in [-0.1, -0.05) is 60.7 Å². The van der Waals surface area contributed by atoms with Crippen LogP contribution >= 0.6 is 0 Å². The first-order valence-electron chi connectivity index (χ1n) is 7.74. The Kier molecular flexibility index (Phi) is 4.49. The SMILES string of the molecule is c1ccc(C(CC2CCCNC2)c2ccccc2)cc1. The van der Waals surface area contributed by atoms with Crippen LogP contribution < -0.4 is 5.32 Å². The Hall–Kier alpha value is -1.60. The van der Waals surface area contributed by atoms with E-state index in [9.17, 15) is 0 Å². The van der Waals surface area contributed by atoms with Crippen LogP contribution in [0, 0.1) is 5.92 Å². The molecule has 1 heteroatoms. The van der Waals surface area contributed by atoms with Gasteiger partial charge in [-0.25, -0.2) is 0 Å². The lowest BCUT2D eigenvalue weighted by Gasteiger charge is -2.28. The molecule has 1 N–H and O–H groups in total. The molecule has 2 aromatic rings. The number of rotatable bonds is 4. The Morgan fingerprint density at radius 2 is 1.50 bits per heavy atom. The van der Waals surface area contributed by atoms with Gasteiger partial charge in [-0.3, -0.25) is 0 Å². The third kappa shape index (κ3) is 3.29. The lowest BCUT2D eigenvalue weighted by molar-refractivity contribution is 0.346. The van der Waals surface area contributed by atoms with E-state index in [1.165, 1.54) is 43.5 Å². The van der Waals surface area contributed by atoms with E-state index in [2.05, 4.69) is 66.0 Å². The van der Waals surface area contributed by atoms with Crippen LogP contribution in [0.15, 0.2) is 60.7 Å². The summed E-state index contributed by atoms with van der Waals surface area (Å²) < 4.78 is 0. The molecule has 1 aliphatic rings. The first-order chi connectivity index (χ1) is 9.93. The summed E-state index contributed by atoms with van der Waals surface area (Å²) in [5.74, 6) is 1.33. The first-order valence-corrected chi connectivity index (χ1v) is 7.74. The number of hydrogen-bond donors (Lipinski definition) is 1. The molecule has 1 nitrogen and oxygen atoms in total. The van der Waals surface area contributed by atoms with E-state index in [1.54, 1.807) is 0 Å². The molecule has 1 atom stereocenters. The predicted molar refractivity (Wildman–Crippen MR) is 84.9 cm³/mol. The molecule has 0 saturated carbocycles. The van der Waals surface area contributed by atoms with Gasteiger partial charge in [0.15, 0.2) is 0 Å². The van der Waals surface area contributed by atoms with Gasteiger partial charge in [0, 0.05) is 5.92 Å². The number of nitrogens with one attached hydrogen (secondary N) is 1. The molecule has 1 aliphatic heterocycles. The van der Waals surface area contributed by atoms with Crippen molar-refractivity contribution in [2.45, 2.75) is 25.2 Å². The highest BCUT2D eigenvalue weighted by atomic mass is 14.9. The summed E-state index contributed by atoms with van der Waals surface area (Å²) >= 11 is 0. The second-order valence-electron chi connectivity index (χ2n) is 5.82. The average molecular weight is 265 g/mol. The molecule has 2 aromatic carbocycles. The van der Waals surface area contributed by atoms with Crippen molar-refractivity contribution in [1.82, 2.24) is 5.32 Å². The summed E-state index contributed by atoms with van der Waals surface area (Å²) in [7, 11) is 0. The zero-order valence-corrected chi connectivity index (χ0v) is 12.0. The van der Waals surface area contributed by atoms with Crippen LogP contribution in [0.25, 0.3) is 0 Å². The normalized spacial score (nSPS) is 19.1. The van der Waals surface area contributed by atoms with Crippen LogP contribution in [0.1, 0.15) is 36.3 Å². The van der Waals surface area contributed by atoms with Crippen molar-refractivity contribution < 1.29 is 0 Å². The molecule has 0 spiro atoms. The molecule has 1 saturated heterocycles. The summed E-state index contributed by atoms with van der Waals surface area (Å²) in [6.45, 7) is 2.37. The zero-order valence-electron chi connectivity index (χ0n) is 12.0. The van der Waals surface area contributed by atoms with E-state index in [1.807, 2.05) is 0 Å². The minimum atomic E-state index is 0.530. The second kappa shape index (κ2) is 6.71. The maximum Gasteiger partial charge on any atom is 0.00924 e. The van der Waals surface area contributed by atoms with Gasteiger partial charge in [-0.05, 0) is 49.4 Å². The molecule has 3 rings (SSSR count). The first kappa shape index (κ1) is 13.4. The van der Waals surface area contributed by atoms with Crippen LogP contribution in [0.3, 0.4) is 0 Å². The Morgan fingerprint density at radius 1 is 0.900 bits per heavy atom. The molecule has 1 fully saturated rings. The fourth-order valence-electron chi connectivity index (χ4n) is 3.29. The van der Waals surface area contributed by atoms with E-state index < -0.39 is 0 Å². The molecular formula is C19H23N. The monoisotopic (exact) mass is 265 g/mol. The fraction of sp³-hybridized carbons (Fsp3) is 0.368. The fourth-order valence-corrected chi connectivity index (χ4v) is 3.29. The summed E-state index contributed by atoms with van der Waals surface area (Å²) in [5, 5.41) is 3.54. The van der Waals surface area contributed by atoms with Crippen LogP contribution in [-0.2, 0) is 0 Å². The number of benzene rings is 2. The molecule has 0 bridgehead atoms. The van der Waals surface area contributed by atoms with Crippen molar-refractivity contribution >= 4 is 0 Å². The van der Waals surface area contributed by atoms with Crippen molar-refractivity contribution in [3.05, 3.63) is 71.8 Å². The van der Waals surface area contributed by atoms with Crippen molar-refractivity contribution in [2.24, 2.45) is 5.92 Å². The molecular weight excluding hydrogens is 242 g/mol. The highest BCUT2D eigenvalue weighted by Gasteiger charge is 2.21. The predicted octanol–water partition coefficient (Wildman–Crippen LogP) is 4.21. The maximum absolute atomic E-state index is 3.54. The highest BCUT2D eigenvalue weighted by Crippen LogP contribution is 2.32. The minimum Gasteiger partial charge on any atom is -0.316 e. The van der Waals surface area contributed by atoms with Gasteiger partial charge in [-0.15, -0.1) is 0 Å². The number of hydrogen-bond acceptors (Lipinski definition) is 1. The largest absolute Gasteiger partial charge is 0.316 e. The van der Waals surface area contributed by atoms with E-state index in [0.717, 1.165) is 5.92 Å². The van der Waals surface area contributed by atoms with E-state index in [-0.39, 0.29) is 0 Å². The lowest BCUT2D eigenvalue weighted by Crippen LogP contribution is -2.30. The van der Waals surface area contributed by atoms with Gasteiger partial charge < -0.3 is 5.32 Å². The summed E-state index contributed by atoms with van der Waals surface area (Å²) in [6.07, 6.45) is 3.94. The van der Waals surface area contributed by atoms with E-state index >= 15 is 0 Å². The van der Waals surface area contributed by atoms with Crippen LogP contribution in [0.4, 0.5) is 0 Å². The summed E-state index contributed by atoms with van der Waals surface area (Å²) in [6, 6.07) is 21.9. The average Bonchev–Trinajstić information content (AvgIpc) is 2.55. The Morgan fingerprint density at radius 3 is 2.00 bits per heavy atom. The highest BCUT2D eigenvalue weighted by molar-refractivity contribution is 5.32. The Balaban J connectivity index is 1.83. The van der Waals surface area contributed by atoms with Crippen molar-refractivity contribution in [3.63, 3.8) is 0 Å².